The average Bonchev–Trinajstić information content (AvgIpc) is 2.35. The van der Waals surface area contributed by atoms with E-state index in [4.69, 9.17) is 9.16 Å². The van der Waals surface area contributed by atoms with Crippen LogP contribution in [0.2, 0.25) is 19.6 Å². The van der Waals surface area contributed by atoms with Gasteiger partial charge in [0.1, 0.15) is 6.10 Å². The van der Waals surface area contributed by atoms with Crippen molar-refractivity contribution >= 4 is 8.32 Å². The third-order valence-corrected chi connectivity index (χ3v) is 3.49. The van der Waals surface area contributed by atoms with Gasteiger partial charge < -0.3 is 9.16 Å². The van der Waals surface area contributed by atoms with Gasteiger partial charge in [0.2, 0.25) is 6.36 Å². The fourth-order valence-corrected chi connectivity index (χ4v) is 2.78. The van der Waals surface area contributed by atoms with Crippen LogP contribution in [-0.4, -0.2) is 27.2 Å². The number of hydrogen-bond acceptors (Lipinski definition) is 2. The minimum atomic E-state index is -2.71. The van der Waals surface area contributed by atoms with Crippen molar-refractivity contribution in [1.29, 1.82) is 0 Å². The van der Waals surface area contributed by atoms with Gasteiger partial charge in [-0.2, -0.15) is 0 Å². The molecule has 0 fully saturated rings. The molecule has 0 aliphatic carbocycles. The first-order valence-corrected chi connectivity index (χ1v) is 9.94. The Balaban J connectivity index is 2.44. The van der Waals surface area contributed by atoms with Crippen molar-refractivity contribution in [2.24, 2.45) is 0 Å². The average molecular weight is 306 g/mol. The number of halogens is 3. The zero-order valence-corrected chi connectivity index (χ0v) is 13.0. The van der Waals surface area contributed by atoms with Gasteiger partial charge in [-0.3, -0.25) is 0 Å². The third-order valence-electron chi connectivity index (χ3n) is 2.48. The van der Waals surface area contributed by atoms with E-state index in [1.807, 2.05) is 18.2 Å². The Morgan fingerprint density at radius 1 is 1.05 bits per heavy atom. The van der Waals surface area contributed by atoms with E-state index in [0.717, 1.165) is 5.56 Å². The second kappa shape index (κ2) is 7.80. The summed E-state index contributed by atoms with van der Waals surface area (Å²) in [4.78, 5) is 0. The molecule has 6 heteroatoms. The Bertz CT molecular complexity index is 382. The summed E-state index contributed by atoms with van der Waals surface area (Å²) in [5, 5.41) is 0. The second-order valence-electron chi connectivity index (χ2n) is 5.55. The molecule has 1 aromatic rings. The van der Waals surface area contributed by atoms with Crippen LogP contribution in [0.3, 0.4) is 0 Å². The Hall–Kier alpha value is -0.853. The van der Waals surface area contributed by atoms with Gasteiger partial charge in [-0.05, 0) is 25.2 Å². The van der Waals surface area contributed by atoms with Crippen molar-refractivity contribution in [1.82, 2.24) is 0 Å². The maximum Gasteiger partial charge on any atom is 0.263 e. The second-order valence-corrected chi connectivity index (χ2v) is 10.0. The van der Waals surface area contributed by atoms with Crippen LogP contribution in [0.1, 0.15) is 12.0 Å². The predicted octanol–water partition coefficient (Wildman–Crippen LogP) is 4.37. The highest BCUT2D eigenvalue weighted by Crippen LogP contribution is 2.20. The highest BCUT2D eigenvalue weighted by Gasteiger charge is 2.30. The molecule has 0 aliphatic rings. The molecule has 1 rings (SSSR count). The summed E-state index contributed by atoms with van der Waals surface area (Å²) < 4.78 is 49.6. The molecule has 0 aliphatic heterocycles. The summed E-state index contributed by atoms with van der Waals surface area (Å²) in [6.07, 6.45) is -6.33. The lowest BCUT2D eigenvalue weighted by atomic mass is 10.2. The topological polar surface area (TPSA) is 18.5 Å². The highest BCUT2D eigenvalue weighted by atomic mass is 28.4. The molecule has 0 amide bonds. The van der Waals surface area contributed by atoms with Crippen LogP contribution >= 0.6 is 0 Å². The van der Waals surface area contributed by atoms with Gasteiger partial charge in [0.25, 0.3) is 6.43 Å². The first kappa shape index (κ1) is 17.2. The molecule has 1 aromatic carbocycles. The van der Waals surface area contributed by atoms with E-state index < -0.39 is 33.6 Å². The van der Waals surface area contributed by atoms with Gasteiger partial charge in [-0.15, -0.1) is 0 Å². The van der Waals surface area contributed by atoms with Gasteiger partial charge >= 0.3 is 0 Å². The predicted molar refractivity (Wildman–Crippen MR) is 75.0 cm³/mol. The lowest BCUT2D eigenvalue weighted by Crippen LogP contribution is -2.37. The Labute approximate surface area is 119 Å². The molecule has 114 valence electrons. The Morgan fingerprint density at radius 3 is 2.15 bits per heavy atom. The minimum absolute atomic E-state index is 0.0604. The third kappa shape index (κ3) is 7.07. The highest BCUT2D eigenvalue weighted by molar-refractivity contribution is 6.69. The van der Waals surface area contributed by atoms with Gasteiger partial charge in [0.05, 0.1) is 6.61 Å². The van der Waals surface area contributed by atoms with Gasteiger partial charge in [-0.25, -0.2) is 13.2 Å². The molecule has 0 heterocycles. The maximum absolute atomic E-state index is 13.7. The molecule has 2 unspecified atom stereocenters. The van der Waals surface area contributed by atoms with Crippen LogP contribution < -0.4 is 0 Å². The number of rotatable bonds is 8. The maximum atomic E-state index is 13.7. The molecule has 2 nitrogen and oxygen atoms in total. The molecule has 0 radical (unpaired) electrons. The van der Waals surface area contributed by atoms with Crippen LogP contribution in [0.15, 0.2) is 30.3 Å². The summed E-state index contributed by atoms with van der Waals surface area (Å²) in [5.41, 5.74) is 0.801. The van der Waals surface area contributed by atoms with Crippen molar-refractivity contribution < 1.29 is 22.3 Å². The fourth-order valence-electron chi connectivity index (χ4n) is 1.67. The van der Waals surface area contributed by atoms with E-state index in [1.54, 1.807) is 31.8 Å². The Morgan fingerprint density at radius 2 is 1.65 bits per heavy atom. The zero-order valence-electron chi connectivity index (χ0n) is 12.0. The van der Waals surface area contributed by atoms with E-state index >= 15 is 0 Å². The summed E-state index contributed by atoms with van der Waals surface area (Å²) >= 11 is 0. The van der Waals surface area contributed by atoms with Gasteiger partial charge in [0.15, 0.2) is 8.32 Å². The van der Waals surface area contributed by atoms with Crippen molar-refractivity contribution in [2.45, 2.75) is 51.6 Å². The summed E-state index contributed by atoms with van der Waals surface area (Å²) in [6, 6.07) is 9.03. The van der Waals surface area contributed by atoms with Crippen LogP contribution in [0, 0.1) is 0 Å². The van der Waals surface area contributed by atoms with Crippen molar-refractivity contribution in [3.63, 3.8) is 0 Å². The summed E-state index contributed by atoms with van der Waals surface area (Å²) in [6.45, 7) is 5.44. The van der Waals surface area contributed by atoms with Crippen molar-refractivity contribution in [3.05, 3.63) is 35.9 Å². The van der Waals surface area contributed by atoms with Gasteiger partial charge in [-0.1, -0.05) is 30.3 Å². The van der Waals surface area contributed by atoms with E-state index in [2.05, 4.69) is 0 Å². The van der Waals surface area contributed by atoms with Crippen LogP contribution in [0.5, 0.6) is 0 Å². The molecular weight excluding hydrogens is 285 g/mol. The molecular formula is C14H21F3O2Si. The molecule has 0 bridgehead atoms. The van der Waals surface area contributed by atoms with Crippen LogP contribution in [0.4, 0.5) is 13.2 Å². The largest absolute Gasteiger partial charge is 0.409 e. The van der Waals surface area contributed by atoms with E-state index in [9.17, 15) is 13.2 Å². The van der Waals surface area contributed by atoms with Gasteiger partial charge in [0, 0.05) is 6.42 Å². The van der Waals surface area contributed by atoms with E-state index in [-0.39, 0.29) is 6.61 Å². The molecule has 0 saturated heterocycles. The smallest absolute Gasteiger partial charge is 0.263 e. The quantitative estimate of drug-likeness (QED) is 0.664. The number of hydrogen-bond donors (Lipinski definition) is 0. The SMILES string of the molecule is C[Si](C)(C)OC(CC(F)OCc1ccccc1)C(F)F. The molecule has 0 saturated carbocycles. The summed E-state index contributed by atoms with van der Waals surface area (Å²) in [5.74, 6) is 0. The number of benzene rings is 1. The standard InChI is InChI=1S/C14H21F3O2Si/c1-20(2,3)19-12(14(16)17)9-13(15)18-10-11-7-5-4-6-8-11/h4-8,12-14H,9-10H2,1-3H3. The fraction of sp³-hybridized carbons (Fsp3) is 0.571. The Kier molecular flexibility index (Phi) is 6.71. The van der Waals surface area contributed by atoms with Crippen LogP contribution in [-0.2, 0) is 15.8 Å². The van der Waals surface area contributed by atoms with E-state index in [1.165, 1.54) is 0 Å². The first-order valence-electron chi connectivity index (χ1n) is 6.53. The normalized spacial score (nSPS) is 15.3. The van der Waals surface area contributed by atoms with Crippen molar-refractivity contribution in [3.8, 4) is 0 Å². The molecule has 0 spiro atoms. The van der Waals surface area contributed by atoms with E-state index in [0.29, 0.717) is 0 Å². The minimum Gasteiger partial charge on any atom is -0.409 e. The molecule has 0 aromatic heterocycles. The molecule has 2 atom stereocenters. The molecule has 0 N–H and O–H groups in total. The number of alkyl halides is 3. The lowest BCUT2D eigenvalue weighted by molar-refractivity contribution is -0.0958. The number of ether oxygens (including phenoxy) is 1. The zero-order chi connectivity index (χ0) is 15.2. The summed E-state index contributed by atoms with van der Waals surface area (Å²) in [7, 11) is -2.14. The first-order chi connectivity index (χ1) is 9.28. The molecule has 20 heavy (non-hydrogen) atoms. The van der Waals surface area contributed by atoms with Crippen LogP contribution in [0.25, 0.3) is 0 Å². The monoisotopic (exact) mass is 306 g/mol. The van der Waals surface area contributed by atoms with Crippen molar-refractivity contribution in [2.75, 3.05) is 0 Å². The lowest BCUT2D eigenvalue weighted by Gasteiger charge is -2.26.